The quantitative estimate of drug-likeness (QED) is 0.538. The first-order chi connectivity index (χ1) is 4.65. The zero-order valence-corrected chi connectivity index (χ0v) is 6.22. The summed E-state index contributed by atoms with van der Waals surface area (Å²) in [7, 11) is 0. The van der Waals surface area contributed by atoms with E-state index in [9.17, 15) is 26.3 Å². The van der Waals surface area contributed by atoms with Crippen LogP contribution >= 0.6 is 15.9 Å². The molecular weight excluding hydrogens is 246 g/mol. The summed E-state index contributed by atoms with van der Waals surface area (Å²) in [6.45, 7) is 0. The standard InChI is InChI=1S/C3HBrF6O/c4-2(7,1(5)6)11-3(8,9)10/h1H/t2-/m1/s1. The minimum atomic E-state index is -5.44. The van der Waals surface area contributed by atoms with Gasteiger partial charge in [0.25, 0.3) is 0 Å². The van der Waals surface area contributed by atoms with E-state index in [1.807, 2.05) is 0 Å². The van der Waals surface area contributed by atoms with E-state index >= 15 is 0 Å². The van der Waals surface area contributed by atoms with Crippen LogP contribution in [-0.2, 0) is 4.74 Å². The maximum Gasteiger partial charge on any atom is 0.526 e. The molecule has 0 saturated heterocycles. The van der Waals surface area contributed by atoms with Gasteiger partial charge in [0, 0.05) is 0 Å². The molecule has 0 unspecified atom stereocenters. The average Bonchev–Trinajstić information content (AvgIpc) is 1.56. The van der Waals surface area contributed by atoms with Crippen LogP contribution < -0.4 is 0 Å². The number of hydrogen-bond donors (Lipinski definition) is 0. The first-order valence-electron chi connectivity index (χ1n) is 2.08. The number of ether oxygens (including phenoxy) is 1. The lowest BCUT2D eigenvalue weighted by atomic mass is 10.7. The molecule has 0 spiro atoms. The second-order valence-corrected chi connectivity index (χ2v) is 2.49. The molecule has 0 saturated carbocycles. The Morgan fingerprint density at radius 2 is 1.45 bits per heavy atom. The van der Waals surface area contributed by atoms with Gasteiger partial charge >= 0.3 is 17.6 Å². The summed E-state index contributed by atoms with van der Waals surface area (Å²) < 4.78 is 66.0. The predicted octanol–water partition coefficient (Wildman–Crippen LogP) is 2.81. The van der Waals surface area contributed by atoms with Crippen molar-refractivity contribution < 1.29 is 31.1 Å². The molecule has 0 fully saturated rings. The fourth-order valence-corrected chi connectivity index (χ4v) is 0.382. The van der Waals surface area contributed by atoms with Gasteiger partial charge in [-0.25, -0.2) is 13.5 Å². The Balaban J connectivity index is 4.13. The lowest BCUT2D eigenvalue weighted by Gasteiger charge is -2.18. The third-order valence-electron chi connectivity index (χ3n) is 0.506. The second-order valence-electron chi connectivity index (χ2n) is 1.41. The largest absolute Gasteiger partial charge is 0.526 e. The summed E-state index contributed by atoms with van der Waals surface area (Å²) in [4.78, 5) is 0. The van der Waals surface area contributed by atoms with Gasteiger partial charge in [0.2, 0.25) is 0 Å². The molecule has 0 aliphatic heterocycles. The third kappa shape index (κ3) is 4.46. The van der Waals surface area contributed by atoms with Crippen molar-refractivity contribution in [3.05, 3.63) is 0 Å². The van der Waals surface area contributed by atoms with E-state index in [0.717, 1.165) is 0 Å². The molecule has 0 aromatic heterocycles. The van der Waals surface area contributed by atoms with E-state index in [0.29, 0.717) is 0 Å². The number of halogens is 7. The molecule has 0 N–H and O–H groups in total. The molecule has 0 heterocycles. The highest BCUT2D eigenvalue weighted by atomic mass is 79.9. The van der Waals surface area contributed by atoms with E-state index < -0.39 is 17.6 Å². The summed E-state index contributed by atoms with van der Waals surface area (Å²) in [5.41, 5.74) is 0. The van der Waals surface area contributed by atoms with Crippen LogP contribution in [0.1, 0.15) is 0 Å². The molecule has 0 aromatic rings. The fourth-order valence-electron chi connectivity index (χ4n) is 0.199. The first-order valence-corrected chi connectivity index (χ1v) is 2.87. The van der Waals surface area contributed by atoms with Crippen molar-refractivity contribution in [3.8, 4) is 0 Å². The topological polar surface area (TPSA) is 9.23 Å². The maximum atomic E-state index is 11.9. The molecule has 0 aromatic carbocycles. The van der Waals surface area contributed by atoms with Crippen LogP contribution in [0.5, 0.6) is 0 Å². The summed E-state index contributed by atoms with van der Waals surface area (Å²) in [5.74, 6) is 0. The van der Waals surface area contributed by atoms with Gasteiger partial charge in [-0.3, -0.25) is 0 Å². The van der Waals surface area contributed by atoms with E-state index in [1.165, 1.54) is 15.9 Å². The Kier molecular flexibility index (Phi) is 3.18. The maximum absolute atomic E-state index is 11.9. The van der Waals surface area contributed by atoms with Gasteiger partial charge < -0.3 is 0 Å². The van der Waals surface area contributed by atoms with Gasteiger partial charge in [-0.05, 0) is 15.9 Å². The molecule has 1 nitrogen and oxygen atoms in total. The van der Waals surface area contributed by atoms with Crippen molar-refractivity contribution >= 4 is 15.9 Å². The minimum Gasteiger partial charge on any atom is -0.239 e. The Bertz CT molecular complexity index is 130. The molecule has 0 amide bonds. The summed E-state index contributed by atoms with van der Waals surface area (Å²) in [6.07, 6.45) is -9.35. The van der Waals surface area contributed by atoms with Crippen molar-refractivity contribution in [2.24, 2.45) is 0 Å². The molecule has 0 rings (SSSR count). The Labute approximate surface area is 65.4 Å². The van der Waals surface area contributed by atoms with Crippen molar-refractivity contribution in [1.82, 2.24) is 0 Å². The lowest BCUT2D eigenvalue weighted by molar-refractivity contribution is -0.382. The van der Waals surface area contributed by atoms with Crippen LogP contribution in [0.2, 0.25) is 0 Å². The van der Waals surface area contributed by atoms with Gasteiger partial charge in [-0.1, -0.05) is 0 Å². The zero-order chi connectivity index (χ0) is 9.28. The summed E-state index contributed by atoms with van der Waals surface area (Å²) in [5, 5.41) is 0. The number of alkyl halides is 7. The van der Waals surface area contributed by atoms with Gasteiger partial charge in [-0.15, -0.1) is 13.2 Å². The van der Waals surface area contributed by atoms with Crippen LogP contribution in [0.4, 0.5) is 26.3 Å². The van der Waals surface area contributed by atoms with Crippen LogP contribution in [-0.4, -0.2) is 17.6 Å². The first kappa shape index (κ1) is 11.0. The molecule has 0 radical (unpaired) electrons. The molecule has 68 valence electrons. The molecule has 0 aliphatic rings. The third-order valence-corrected chi connectivity index (χ3v) is 1.01. The summed E-state index contributed by atoms with van der Waals surface area (Å²) in [6, 6.07) is 0. The van der Waals surface area contributed by atoms with E-state index in [4.69, 9.17) is 0 Å². The SMILES string of the molecule is FC(F)[C@](F)(Br)OC(F)(F)F. The fraction of sp³-hybridized carbons (Fsp3) is 1.00. The molecule has 11 heavy (non-hydrogen) atoms. The molecule has 1 atom stereocenters. The second kappa shape index (κ2) is 3.18. The van der Waals surface area contributed by atoms with E-state index in [2.05, 4.69) is 4.74 Å². The highest BCUT2D eigenvalue weighted by molar-refractivity contribution is 9.10. The minimum absolute atomic E-state index is 1.42. The Morgan fingerprint density at radius 3 is 1.55 bits per heavy atom. The van der Waals surface area contributed by atoms with Crippen molar-refractivity contribution in [2.75, 3.05) is 0 Å². The molecular formula is C3HBrF6O. The van der Waals surface area contributed by atoms with Gasteiger partial charge in [-0.2, -0.15) is 4.39 Å². The normalized spacial score (nSPS) is 18.5. The van der Waals surface area contributed by atoms with E-state index in [-0.39, 0.29) is 0 Å². The van der Waals surface area contributed by atoms with Gasteiger partial charge in [0.15, 0.2) is 0 Å². The zero-order valence-electron chi connectivity index (χ0n) is 4.63. The molecule has 8 heteroatoms. The van der Waals surface area contributed by atoms with E-state index in [1.54, 1.807) is 0 Å². The van der Waals surface area contributed by atoms with Crippen molar-refractivity contribution in [3.63, 3.8) is 0 Å². The van der Waals surface area contributed by atoms with Crippen molar-refractivity contribution in [1.29, 1.82) is 0 Å². The van der Waals surface area contributed by atoms with Crippen LogP contribution in [0.3, 0.4) is 0 Å². The monoisotopic (exact) mass is 246 g/mol. The summed E-state index contributed by atoms with van der Waals surface area (Å²) >= 11 is 1.42. The van der Waals surface area contributed by atoms with Gasteiger partial charge in [0.05, 0.1) is 0 Å². The van der Waals surface area contributed by atoms with Crippen LogP contribution in [0.15, 0.2) is 0 Å². The highest BCUT2D eigenvalue weighted by Gasteiger charge is 2.49. The van der Waals surface area contributed by atoms with Crippen LogP contribution in [0, 0.1) is 0 Å². The number of rotatable bonds is 2. The molecule has 0 aliphatic carbocycles. The van der Waals surface area contributed by atoms with Crippen molar-refractivity contribution in [2.45, 2.75) is 17.6 Å². The molecule has 0 bridgehead atoms. The smallest absolute Gasteiger partial charge is 0.239 e. The number of hydrogen-bond acceptors (Lipinski definition) is 1. The Hall–Kier alpha value is 0.0200. The Morgan fingerprint density at radius 1 is 1.09 bits per heavy atom. The average molecular weight is 247 g/mol. The van der Waals surface area contributed by atoms with Gasteiger partial charge in [0.1, 0.15) is 0 Å². The van der Waals surface area contributed by atoms with Crippen LogP contribution in [0.25, 0.3) is 0 Å². The lowest BCUT2D eigenvalue weighted by Crippen LogP contribution is -2.34. The predicted molar refractivity (Wildman–Crippen MR) is 25.9 cm³/mol. The highest BCUT2D eigenvalue weighted by Crippen LogP contribution is 2.35.